The van der Waals surface area contributed by atoms with Gasteiger partial charge >= 0.3 is 0 Å². The number of ether oxygens (including phenoxy) is 1. The van der Waals surface area contributed by atoms with E-state index in [4.69, 9.17) is 4.74 Å². The molecule has 2 aromatic rings. The summed E-state index contributed by atoms with van der Waals surface area (Å²) in [7, 11) is 0. The number of hydrogen-bond donors (Lipinski definition) is 1. The van der Waals surface area contributed by atoms with Crippen LogP contribution in [0.2, 0.25) is 0 Å². The van der Waals surface area contributed by atoms with Crippen LogP contribution in [0.15, 0.2) is 35.6 Å². The Morgan fingerprint density at radius 3 is 2.67 bits per heavy atom. The number of hydrogen-bond acceptors (Lipinski definition) is 7. The molecule has 1 N–H and O–H groups in total. The molecule has 33 heavy (non-hydrogen) atoms. The summed E-state index contributed by atoms with van der Waals surface area (Å²) in [4.78, 5) is 29.0. The largest absolute Gasteiger partial charge is 0.508 e. The predicted octanol–water partition coefficient (Wildman–Crippen LogP) is 4.43. The number of rotatable bonds is 4. The first-order chi connectivity index (χ1) is 15.7. The second kappa shape index (κ2) is 8.24. The third-order valence-corrected chi connectivity index (χ3v) is 8.09. The normalized spacial score (nSPS) is 29.4. The number of Topliss-reactive ketones (excluding diaryl/α,β-unsaturated/α-hetero) is 1. The summed E-state index contributed by atoms with van der Waals surface area (Å²) in [6, 6.07) is 6.02. The summed E-state index contributed by atoms with van der Waals surface area (Å²) >= 11 is 1.36. The fourth-order valence-electron chi connectivity index (χ4n) is 5.24. The predicted molar refractivity (Wildman–Crippen MR) is 125 cm³/mol. The van der Waals surface area contributed by atoms with Gasteiger partial charge in [-0.1, -0.05) is 51.2 Å². The van der Waals surface area contributed by atoms with E-state index in [1.165, 1.54) is 16.2 Å². The number of aromatic nitrogens is 2. The third-order valence-electron chi connectivity index (χ3n) is 7.14. The van der Waals surface area contributed by atoms with E-state index in [0.29, 0.717) is 34.0 Å². The van der Waals surface area contributed by atoms with E-state index in [0.717, 1.165) is 24.3 Å². The molecule has 3 heterocycles. The molecule has 0 spiro atoms. The maximum absolute atomic E-state index is 13.8. The van der Waals surface area contributed by atoms with Gasteiger partial charge in [-0.25, -0.2) is 0 Å². The molecule has 1 aromatic heterocycles. The van der Waals surface area contributed by atoms with Crippen molar-refractivity contribution in [3.05, 3.63) is 46.2 Å². The number of aromatic hydroxyl groups is 1. The molecule has 1 saturated carbocycles. The number of nitrogens with zero attached hydrogens (tertiary/aromatic N) is 3. The third kappa shape index (κ3) is 3.74. The molecule has 1 amide bonds. The van der Waals surface area contributed by atoms with Gasteiger partial charge in [-0.3, -0.25) is 14.5 Å². The van der Waals surface area contributed by atoms with Crippen molar-refractivity contribution in [2.75, 3.05) is 4.90 Å². The Morgan fingerprint density at radius 2 is 1.94 bits per heavy atom. The van der Waals surface area contributed by atoms with Crippen LogP contribution in [0.1, 0.15) is 57.1 Å². The first kappa shape index (κ1) is 22.1. The van der Waals surface area contributed by atoms with Crippen LogP contribution in [-0.4, -0.2) is 33.1 Å². The maximum Gasteiger partial charge on any atom is 0.296 e. The van der Waals surface area contributed by atoms with Crippen molar-refractivity contribution in [3.63, 3.8) is 0 Å². The van der Waals surface area contributed by atoms with Gasteiger partial charge in [-0.15, -0.1) is 10.2 Å². The smallest absolute Gasteiger partial charge is 0.296 e. The number of ketones is 1. The Kier molecular flexibility index (Phi) is 5.51. The van der Waals surface area contributed by atoms with Crippen LogP contribution < -0.4 is 4.90 Å². The molecule has 1 aliphatic carbocycles. The van der Waals surface area contributed by atoms with Crippen molar-refractivity contribution in [2.24, 2.45) is 23.7 Å². The van der Waals surface area contributed by atoms with Crippen molar-refractivity contribution in [1.29, 1.82) is 0 Å². The second-order valence-corrected chi connectivity index (χ2v) is 11.1. The Morgan fingerprint density at radius 1 is 1.18 bits per heavy atom. The van der Waals surface area contributed by atoms with Gasteiger partial charge in [0.2, 0.25) is 5.13 Å². The van der Waals surface area contributed by atoms with Crippen LogP contribution >= 0.6 is 11.3 Å². The first-order valence-corrected chi connectivity index (χ1v) is 12.5. The SMILES string of the molecule is CC(C)Cc1nnc(N2C(=O)C3=C(C(=O)C4CC(C)C(C)CC4O3)C2c2cccc(O)c2)s1. The van der Waals surface area contributed by atoms with E-state index in [2.05, 4.69) is 37.9 Å². The number of carbonyl (C=O) groups excluding carboxylic acids is 2. The molecule has 5 rings (SSSR count). The monoisotopic (exact) mass is 467 g/mol. The molecule has 7 nitrogen and oxygen atoms in total. The molecule has 3 aliphatic rings. The molecular weight excluding hydrogens is 438 g/mol. The number of phenols is 1. The molecule has 174 valence electrons. The summed E-state index contributed by atoms with van der Waals surface area (Å²) in [5.74, 6) is 0.830. The van der Waals surface area contributed by atoms with Crippen LogP contribution in [0, 0.1) is 23.7 Å². The molecule has 5 unspecified atom stereocenters. The minimum Gasteiger partial charge on any atom is -0.508 e. The molecule has 0 saturated heterocycles. The van der Waals surface area contributed by atoms with E-state index >= 15 is 0 Å². The Labute approximate surface area is 197 Å². The molecular formula is C25H29N3O4S. The van der Waals surface area contributed by atoms with Crippen LogP contribution in [0.3, 0.4) is 0 Å². The van der Waals surface area contributed by atoms with Crippen molar-refractivity contribution >= 4 is 28.2 Å². The summed E-state index contributed by atoms with van der Waals surface area (Å²) in [5.41, 5.74) is 1.04. The highest BCUT2D eigenvalue weighted by Crippen LogP contribution is 2.50. The number of benzene rings is 1. The molecule has 5 atom stereocenters. The number of amides is 1. The molecule has 8 heteroatoms. The summed E-state index contributed by atoms with van der Waals surface area (Å²) in [6.07, 6.45) is 2.00. The van der Waals surface area contributed by atoms with Crippen molar-refractivity contribution in [1.82, 2.24) is 10.2 Å². The van der Waals surface area contributed by atoms with Crippen molar-refractivity contribution < 1.29 is 19.4 Å². The quantitative estimate of drug-likeness (QED) is 0.715. The number of fused-ring (bicyclic) bond motifs is 1. The van der Waals surface area contributed by atoms with E-state index in [1.54, 1.807) is 18.2 Å². The van der Waals surface area contributed by atoms with E-state index in [1.807, 2.05) is 6.07 Å². The topological polar surface area (TPSA) is 92.6 Å². The lowest BCUT2D eigenvalue weighted by Crippen LogP contribution is -2.43. The molecule has 1 fully saturated rings. The minimum atomic E-state index is -0.692. The first-order valence-electron chi connectivity index (χ1n) is 11.6. The zero-order valence-corrected chi connectivity index (χ0v) is 20.1. The van der Waals surface area contributed by atoms with Crippen LogP contribution in [0.4, 0.5) is 5.13 Å². The minimum absolute atomic E-state index is 0.0175. The van der Waals surface area contributed by atoms with Gasteiger partial charge in [0.05, 0.1) is 17.5 Å². The summed E-state index contributed by atoms with van der Waals surface area (Å²) < 4.78 is 6.28. The van der Waals surface area contributed by atoms with Gasteiger partial charge in [0, 0.05) is 6.42 Å². The average Bonchev–Trinajstić information content (AvgIpc) is 3.31. The molecule has 0 radical (unpaired) electrons. The lowest BCUT2D eigenvalue weighted by molar-refractivity contribution is -0.134. The zero-order valence-electron chi connectivity index (χ0n) is 19.3. The van der Waals surface area contributed by atoms with Crippen LogP contribution in [0.5, 0.6) is 5.75 Å². The average molecular weight is 468 g/mol. The highest BCUT2D eigenvalue weighted by Gasteiger charge is 2.54. The molecule has 0 bridgehead atoms. The fourth-order valence-corrected chi connectivity index (χ4v) is 6.32. The highest BCUT2D eigenvalue weighted by molar-refractivity contribution is 7.15. The van der Waals surface area contributed by atoms with Crippen LogP contribution in [-0.2, 0) is 20.7 Å². The van der Waals surface area contributed by atoms with Gasteiger partial charge in [0.25, 0.3) is 5.91 Å². The standard InChI is InChI=1S/C25H29N3O4S/c1-12(2)8-19-26-27-25(33-19)28-21(15-6-5-7-16(29)11-15)20-22(30)17-9-13(3)14(4)10-18(17)32-23(20)24(28)31/h5-7,11-14,17-18,21,29H,8-10H2,1-4H3. The van der Waals surface area contributed by atoms with E-state index in [9.17, 15) is 14.7 Å². The number of anilines is 1. The van der Waals surface area contributed by atoms with Gasteiger partial charge in [0.15, 0.2) is 11.5 Å². The zero-order chi connectivity index (χ0) is 23.4. The van der Waals surface area contributed by atoms with E-state index < -0.39 is 6.04 Å². The molecule has 1 aromatic carbocycles. The second-order valence-electron chi connectivity index (χ2n) is 10.0. The highest BCUT2D eigenvalue weighted by atomic mass is 32.1. The van der Waals surface area contributed by atoms with Gasteiger partial charge in [-0.2, -0.15) is 0 Å². The number of phenolic OH excluding ortho intramolecular Hbond substituents is 1. The Hall–Kier alpha value is -2.74. The lowest BCUT2D eigenvalue weighted by Gasteiger charge is -2.40. The van der Waals surface area contributed by atoms with Crippen molar-refractivity contribution in [2.45, 2.75) is 59.1 Å². The van der Waals surface area contributed by atoms with Gasteiger partial charge in [-0.05, 0) is 48.3 Å². The summed E-state index contributed by atoms with van der Waals surface area (Å²) in [6.45, 7) is 8.56. The lowest BCUT2D eigenvalue weighted by atomic mass is 9.70. The van der Waals surface area contributed by atoms with Gasteiger partial charge < -0.3 is 9.84 Å². The van der Waals surface area contributed by atoms with Crippen LogP contribution in [0.25, 0.3) is 0 Å². The van der Waals surface area contributed by atoms with E-state index in [-0.39, 0.29) is 35.2 Å². The maximum atomic E-state index is 13.8. The summed E-state index contributed by atoms with van der Waals surface area (Å²) in [5, 5.41) is 20.0. The van der Waals surface area contributed by atoms with Gasteiger partial charge in [0.1, 0.15) is 16.9 Å². The fraction of sp³-hybridized carbons (Fsp3) is 0.520. The van der Waals surface area contributed by atoms with Crippen molar-refractivity contribution in [3.8, 4) is 5.75 Å². The Balaban J connectivity index is 1.60. The Bertz CT molecular complexity index is 1140. The number of carbonyl (C=O) groups is 2. The molecule has 2 aliphatic heterocycles.